The third kappa shape index (κ3) is 5.18. The van der Waals surface area contributed by atoms with Crippen LogP contribution in [0.1, 0.15) is 53.9 Å². The van der Waals surface area contributed by atoms with E-state index in [1.807, 2.05) is 25.2 Å². The molecule has 0 saturated carbocycles. The lowest BCUT2D eigenvalue weighted by Gasteiger charge is -2.32. The fourth-order valence-corrected chi connectivity index (χ4v) is 2.81. The molecule has 1 aliphatic carbocycles. The molecule has 0 unspecified atom stereocenters. The van der Waals surface area contributed by atoms with Gasteiger partial charge in [0.25, 0.3) is 0 Å². The van der Waals surface area contributed by atoms with E-state index in [0.717, 1.165) is 5.57 Å². The SMILES string of the molecule is CC(C=CC1=C(C)CCCC1(C)C)=CC=CC(C)=C(N)C=O. The van der Waals surface area contributed by atoms with Crippen LogP contribution in [0.15, 0.2) is 58.4 Å². The number of aldehydes is 1. The summed E-state index contributed by atoms with van der Waals surface area (Å²) in [5.74, 6) is 0. The summed E-state index contributed by atoms with van der Waals surface area (Å²) < 4.78 is 0. The van der Waals surface area contributed by atoms with Gasteiger partial charge in [-0.05, 0) is 56.6 Å². The highest BCUT2D eigenvalue weighted by Crippen LogP contribution is 2.40. The molecule has 0 bridgehead atoms. The van der Waals surface area contributed by atoms with Crippen LogP contribution in [0.3, 0.4) is 0 Å². The highest BCUT2D eigenvalue weighted by Gasteiger charge is 2.26. The summed E-state index contributed by atoms with van der Waals surface area (Å²) in [6.45, 7) is 10.8. The monoisotopic (exact) mass is 299 g/mol. The molecule has 120 valence electrons. The Morgan fingerprint density at radius 2 is 1.91 bits per heavy atom. The molecule has 2 N–H and O–H groups in total. The largest absolute Gasteiger partial charge is 0.396 e. The predicted octanol–water partition coefficient (Wildman–Crippen LogP) is 5.00. The van der Waals surface area contributed by atoms with Crippen molar-refractivity contribution >= 4 is 6.29 Å². The third-order valence-electron chi connectivity index (χ3n) is 4.34. The van der Waals surface area contributed by atoms with E-state index in [0.29, 0.717) is 6.29 Å². The molecule has 0 aliphatic heterocycles. The van der Waals surface area contributed by atoms with Gasteiger partial charge in [0.15, 0.2) is 6.29 Å². The zero-order chi connectivity index (χ0) is 16.8. The molecule has 0 aromatic carbocycles. The van der Waals surface area contributed by atoms with E-state index < -0.39 is 0 Å². The van der Waals surface area contributed by atoms with Crippen LogP contribution in [0.2, 0.25) is 0 Å². The van der Waals surface area contributed by atoms with Gasteiger partial charge in [0.1, 0.15) is 0 Å². The van der Waals surface area contributed by atoms with Gasteiger partial charge in [-0.25, -0.2) is 0 Å². The maximum Gasteiger partial charge on any atom is 0.165 e. The fraction of sp³-hybridized carbons (Fsp3) is 0.450. The van der Waals surface area contributed by atoms with Crippen LogP contribution in [0.5, 0.6) is 0 Å². The van der Waals surface area contributed by atoms with Crippen molar-refractivity contribution in [3.8, 4) is 0 Å². The van der Waals surface area contributed by atoms with E-state index >= 15 is 0 Å². The predicted molar refractivity (Wildman–Crippen MR) is 95.3 cm³/mol. The van der Waals surface area contributed by atoms with Gasteiger partial charge in [0, 0.05) is 0 Å². The Balaban J connectivity index is 2.84. The van der Waals surface area contributed by atoms with Crippen LogP contribution in [-0.4, -0.2) is 6.29 Å². The van der Waals surface area contributed by atoms with Crippen molar-refractivity contribution in [1.82, 2.24) is 0 Å². The van der Waals surface area contributed by atoms with Gasteiger partial charge in [0.2, 0.25) is 0 Å². The molecule has 1 aliphatic rings. The van der Waals surface area contributed by atoms with Crippen molar-refractivity contribution < 1.29 is 4.79 Å². The zero-order valence-electron chi connectivity index (χ0n) is 14.6. The Morgan fingerprint density at radius 3 is 2.50 bits per heavy atom. The van der Waals surface area contributed by atoms with Crippen LogP contribution in [0, 0.1) is 5.41 Å². The highest BCUT2D eigenvalue weighted by molar-refractivity contribution is 5.73. The molecule has 0 amide bonds. The summed E-state index contributed by atoms with van der Waals surface area (Å²) >= 11 is 0. The Hall–Kier alpha value is -1.83. The molecule has 0 saturated heterocycles. The summed E-state index contributed by atoms with van der Waals surface area (Å²) in [5, 5.41) is 0. The molecule has 2 nitrogen and oxygen atoms in total. The summed E-state index contributed by atoms with van der Waals surface area (Å²) in [6, 6.07) is 0. The molecule has 0 aromatic rings. The van der Waals surface area contributed by atoms with Gasteiger partial charge in [-0.2, -0.15) is 0 Å². The van der Waals surface area contributed by atoms with Crippen molar-refractivity contribution in [2.75, 3.05) is 0 Å². The highest BCUT2D eigenvalue weighted by atomic mass is 16.1. The van der Waals surface area contributed by atoms with E-state index in [1.165, 1.54) is 36.0 Å². The molecule has 2 heteroatoms. The molecular formula is C20H29NO. The number of hydrogen-bond acceptors (Lipinski definition) is 2. The van der Waals surface area contributed by atoms with Crippen molar-refractivity contribution in [2.45, 2.75) is 53.9 Å². The fourth-order valence-electron chi connectivity index (χ4n) is 2.81. The Bertz CT molecular complexity index is 569. The number of rotatable bonds is 5. The Kier molecular flexibility index (Phi) is 6.61. The Labute approximate surface area is 135 Å². The van der Waals surface area contributed by atoms with Crippen LogP contribution in [0.25, 0.3) is 0 Å². The van der Waals surface area contributed by atoms with E-state index in [2.05, 4.69) is 39.8 Å². The maximum absolute atomic E-state index is 10.6. The van der Waals surface area contributed by atoms with Crippen molar-refractivity contribution in [2.24, 2.45) is 11.1 Å². The molecule has 1 rings (SSSR count). The first-order valence-corrected chi connectivity index (χ1v) is 7.92. The van der Waals surface area contributed by atoms with Gasteiger partial charge >= 0.3 is 0 Å². The molecule has 0 radical (unpaired) electrons. The second-order valence-electron chi connectivity index (χ2n) is 6.79. The van der Waals surface area contributed by atoms with Gasteiger partial charge in [-0.1, -0.05) is 55.4 Å². The first-order chi connectivity index (χ1) is 10.3. The van der Waals surface area contributed by atoms with E-state index in [-0.39, 0.29) is 11.1 Å². The van der Waals surface area contributed by atoms with E-state index in [1.54, 1.807) is 0 Å². The van der Waals surface area contributed by atoms with Gasteiger partial charge in [-0.15, -0.1) is 0 Å². The topological polar surface area (TPSA) is 43.1 Å². The van der Waals surface area contributed by atoms with E-state index in [9.17, 15) is 4.79 Å². The zero-order valence-corrected chi connectivity index (χ0v) is 14.6. The standard InChI is InChI=1S/C20H29NO/c1-15(8-6-9-17(3)19(21)14-22)11-12-18-16(2)10-7-13-20(18,4)5/h6,8-9,11-12,14H,7,10,13,21H2,1-5H3. The third-order valence-corrected chi connectivity index (χ3v) is 4.34. The quantitative estimate of drug-likeness (QED) is 0.441. The average molecular weight is 299 g/mol. The second-order valence-corrected chi connectivity index (χ2v) is 6.79. The molecular weight excluding hydrogens is 270 g/mol. The second kappa shape index (κ2) is 7.98. The lowest BCUT2D eigenvalue weighted by Crippen LogP contribution is -2.19. The molecule has 0 heterocycles. The summed E-state index contributed by atoms with van der Waals surface area (Å²) in [4.78, 5) is 10.6. The van der Waals surface area contributed by atoms with Gasteiger partial charge in [0.05, 0.1) is 5.70 Å². The number of hydrogen-bond donors (Lipinski definition) is 1. The van der Waals surface area contributed by atoms with Crippen LogP contribution >= 0.6 is 0 Å². The lowest BCUT2D eigenvalue weighted by molar-refractivity contribution is -0.105. The smallest absolute Gasteiger partial charge is 0.165 e. The molecule has 0 fully saturated rings. The summed E-state index contributed by atoms with van der Waals surface area (Å²) in [7, 11) is 0. The molecule has 0 atom stereocenters. The average Bonchev–Trinajstić information content (AvgIpc) is 2.45. The van der Waals surface area contributed by atoms with Gasteiger partial charge in [-0.3, -0.25) is 4.79 Å². The first-order valence-electron chi connectivity index (χ1n) is 7.92. The normalized spacial score (nSPS) is 20.7. The first kappa shape index (κ1) is 18.2. The van der Waals surface area contributed by atoms with Crippen molar-refractivity contribution in [1.29, 1.82) is 0 Å². The summed E-state index contributed by atoms with van der Waals surface area (Å²) in [5.41, 5.74) is 11.0. The lowest BCUT2D eigenvalue weighted by atomic mass is 9.72. The maximum atomic E-state index is 10.6. The van der Waals surface area contributed by atoms with E-state index in [4.69, 9.17) is 5.73 Å². The molecule has 0 spiro atoms. The van der Waals surface area contributed by atoms with Crippen LogP contribution in [0.4, 0.5) is 0 Å². The number of allylic oxidation sites excluding steroid dienone is 10. The number of nitrogens with two attached hydrogens (primary N) is 1. The number of carbonyl (C=O) groups is 1. The van der Waals surface area contributed by atoms with Crippen molar-refractivity contribution in [3.63, 3.8) is 0 Å². The summed E-state index contributed by atoms with van der Waals surface area (Å²) in [6.07, 6.45) is 14.7. The minimum Gasteiger partial charge on any atom is -0.396 e. The number of carbonyl (C=O) groups excluding carboxylic acids is 1. The Morgan fingerprint density at radius 1 is 1.23 bits per heavy atom. The van der Waals surface area contributed by atoms with Crippen molar-refractivity contribution in [3.05, 3.63) is 58.4 Å². The molecule has 22 heavy (non-hydrogen) atoms. The minimum absolute atomic E-state index is 0.271. The van der Waals surface area contributed by atoms with Crippen LogP contribution in [-0.2, 0) is 4.79 Å². The molecule has 0 aromatic heterocycles. The van der Waals surface area contributed by atoms with Crippen LogP contribution < -0.4 is 5.73 Å². The minimum atomic E-state index is 0.271. The van der Waals surface area contributed by atoms with Gasteiger partial charge < -0.3 is 5.73 Å².